The molecule has 0 spiro atoms. The highest BCUT2D eigenvalue weighted by Crippen LogP contribution is 2.66. The lowest BCUT2D eigenvalue weighted by Gasteiger charge is -2.38. The smallest absolute Gasteiger partial charge is 0.339 e. The number of fused-ring (bicyclic) bond motifs is 2. The summed E-state index contributed by atoms with van der Waals surface area (Å²) in [6, 6.07) is 5.34. The van der Waals surface area contributed by atoms with E-state index in [4.69, 9.17) is 16.3 Å². The molecule has 0 aromatic heterocycles. The van der Waals surface area contributed by atoms with E-state index in [1.807, 2.05) is 6.07 Å². The first-order valence-corrected chi connectivity index (χ1v) is 8.59. The minimum atomic E-state index is -0.309. The van der Waals surface area contributed by atoms with Gasteiger partial charge in [-0.1, -0.05) is 38.4 Å². The molecule has 2 saturated carbocycles. The second kappa shape index (κ2) is 4.99. The van der Waals surface area contributed by atoms with Gasteiger partial charge in [-0.2, -0.15) is 0 Å². The molecule has 2 nitrogen and oxygen atoms in total. The molecule has 2 fully saturated rings. The monoisotopic (exact) mass is 370 g/mol. The van der Waals surface area contributed by atoms with Gasteiger partial charge in [-0.25, -0.2) is 4.79 Å². The Morgan fingerprint density at radius 2 is 2.10 bits per heavy atom. The number of rotatable bonds is 2. The molecular formula is C17H20BrClO2. The maximum atomic E-state index is 12.5. The Labute approximate surface area is 139 Å². The van der Waals surface area contributed by atoms with Gasteiger partial charge in [-0.15, -0.1) is 0 Å². The van der Waals surface area contributed by atoms with Gasteiger partial charge in [0.15, 0.2) is 0 Å². The van der Waals surface area contributed by atoms with Crippen molar-refractivity contribution in [2.45, 2.75) is 46.1 Å². The van der Waals surface area contributed by atoms with E-state index in [1.165, 1.54) is 6.42 Å². The zero-order valence-corrected chi connectivity index (χ0v) is 14.9. The fourth-order valence-electron chi connectivity index (χ4n) is 4.16. The van der Waals surface area contributed by atoms with Crippen molar-refractivity contribution in [1.29, 1.82) is 0 Å². The Kier molecular flexibility index (Phi) is 3.65. The molecule has 0 radical (unpaired) electrons. The van der Waals surface area contributed by atoms with Crippen molar-refractivity contribution in [3.63, 3.8) is 0 Å². The number of carbonyl (C=O) groups is 1. The van der Waals surface area contributed by atoms with E-state index in [1.54, 1.807) is 12.1 Å². The summed E-state index contributed by atoms with van der Waals surface area (Å²) < 4.78 is 6.58. The lowest BCUT2D eigenvalue weighted by Crippen LogP contribution is -2.38. The van der Waals surface area contributed by atoms with Crippen LogP contribution in [0.25, 0.3) is 0 Å². The van der Waals surface area contributed by atoms with E-state index < -0.39 is 0 Å². The SMILES string of the molecule is CC1(C)C2CCC1(C)C(OC(=O)c1cccc(Br)c1Cl)C2. The molecule has 0 saturated heterocycles. The molecule has 3 atom stereocenters. The number of ether oxygens (including phenoxy) is 1. The number of benzene rings is 1. The molecule has 2 aliphatic carbocycles. The molecule has 0 aliphatic heterocycles. The largest absolute Gasteiger partial charge is 0.458 e. The minimum absolute atomic E-state index is 0.00574. The molecule has 3 rings (SSSR count). The molecule has 4 heteroatoms. The Hall–Kier alpha value is -0.540. The van der Waals surface area contributed by atoms with E-state index >= 15 is 0 Å². The highest BCUT2D eigenvalue weighted by molar-refractivity contribution is 9.10. The van der Waals surface area contributed by atoms with Crippen molar-refractivity contribution in [1.82, 2.24) is 0 Å². The van der Waals surface area contributed by atoms with Crippen LogP contribution in [0.3, 0.4) is 0 Å². The Bertz CT molecular complexity index is 598. The molecule has 1 aromatic carbocycles. The third kappa shape index (κ3) is 2.16. The first kappa shape index (κ1) is 15.4. The average Bonchev–Trinajstić information content (AvgIpc) is 2.75. The standard InChI is InChI=1S/C17H20BrClO2/c1-16(2)10-7-8-17(16,3)13(9-10)21-15(20)11-5-4-6-12(18)14(11)19/h4-6,10,13H,7-9H2,1-3H3. The first-order valence-electron chi connectivity index (χ1n) is 7.42. The zero-order valence-electron chi connectivity index (χ0n) is 12.6. The van der Waals surface area contributed by atoms with Crippen molar-refractivity contribution in [2.24, 2.45) is 16.7 Å². The number of esters is 1. The molecule has 0 amide bonds. The molecular weight excluding hydrogens is 352 g/mol. The third-order valence-electron chi connectivity index (χ3n) is 6.13. The van der Waals surface area contributed by atoms with Crippen LogP contribution in [0.2, 0.25) is 5.02 Å². The maximum Gasteiger partial charge on any atom is 0.339 e. The first-order chi connectivity index (χ1) is 9.77. The normalized spacial score (nSPS) is 33.2. The van der Waals surface area contributed by atoms with E-state index in [2.05, 4.69) is 36.7 Å². The zero-order chi connectivity index (χ0) is 15.4. The highest BCUT2D eigenvalue weighted by Gasteiger charge is 2.62. The van der Waals surface area contributed by atoms with E-state index in [9.17, 15) is 4.79 Å². The molecule has 1 aromatic rings. The van der Waals surface area contributed by atoms with Crippen molar-refractivity contribution in [2.75, 3.05) is 0 Å². The molecule has 0 N–H and O–H groups in total. The van der Waals surface area contributed by atoms with Gasteiger partial charge in [-0.3, -0.25) is 0 Å². The molecule has 2 aliphatic rings. The average molecular weight is 372 g/mol. The molecule has 3 unspecified atom stereocenters. The predicted molar refractivity (Wildman–Crippen MR) is 87.6 cm³/mol. The minimum Gasteiger partial charge on any atom is -0.458 e. The summed E-state index contributed by atoms with van der Waals surface area (Å²) >= 11 is 9.54. The highest BCUT2D eigenvalue weighted by atomic mass is 79.9. The summed E-state index contributed by atoms with van der Waals surface area (Å²) in [5, 5.41) is 0.426. The summed E-state index contributed by atoms with van der Waals surface area (Å²) in [5.74, 6) is 0.342. The number of hydrogen-bond donors (Lipinski definition) is 0. The Morgan fingerprint density at radius 1 is 1.38 bits per heavy atom. The fourth-order valence-corrected chi connectivity index (χ4v) is 4.73. The number of hydrogen-bond acceptors (Lipinski definition) is 2. The number of carbonyl (C=O) groups excluding carboxylic acids is 1. The second-order valence-electron chi connectivity index (χ2n) is 7.11. The summed E-state index contributed by atoms with van der Waals surface area (Å²) in [6.45, 7) is 6.88. The second-order valence-corrected chi connectivity index (χ2v) is 8.34. The predicted octanol–water partition coefficient (Wildman–Crippen LogP) is 5.47. The van der Waals surface area contributed by atoms with Crippen LogP contribution < -0.4 is 0 Å². The van der Waals surface area contributed by atoms with Crippen LogP contribution in [-0.4, -0.2) is 12.1 Å². The van der Waals surface area contributed by atoms with Crippen molar-refractivity contribution in [3.05, 3.63) is 33.3 Å². The summed E-state index contributed by atoms with van der Waals surface area (Å²) in [6.07, 6.45) is 3.35. The van der Waals surface area contributed by atoms with Gasteiger partial charge in [-0.05, 0) is 58.7 Å². The van der Waals surface area contributed by atoms with E-state index in [-0.39, 0.29) is 22.9 Å². The van der Waals surface area contributed by atoms with Gasteiger partial charge in [0.1, 0.15) is 6.10 Å². The van der Waals surface area contributed by atoms with Gasteiger partial charge in [0.05, 0.1) is 10.6 Å². The molecule has 2 bridgehead atoms. The Balaban J connectivity index is 1.82. The van der Waals surface area contributed by atoms with E-state index in [0.717, 1.165) is 17.3 Å². The number of halogens is 2. The topological polar surface area (TPSA) is 26.3 Å². The van der Waals surface area contributed by atoms with Gasteiger partial charge >= 0.3 is 5.97 Å². The fraction of sp³-hybridized carbons (Fsp3) is 0.588. The van der Waals surface area contributed by atoms with Crippen LogP contribution in [0.1, 0.15) is 50.4 Å². The lowest BCUT2D eigenvalue weighted by molar-refractivity contribution is -0.0242. The molecule has 0 heterocycles. The van der Waals surface area contributed by atoms with Crippen LogP contribution >= 0.6 is 27.5 Å². The van der Waals surface area contributed by atoms with Crippen molar-refractivity contribution < 1.29 is 9.53 Å². The third-order valence-corrected chi connectivity index (χ3v) is 7.43. The molecule has 114 valence electrons. The van der Waals surface area contributed by atoms with Gasteiger partial charge < -0.3 is 4.74 Å². The summed E-state index contributed by atoms with van der Waals surface area (Å²) in [7, 11) is 0. The summed E-state index contributed by atoms with van der Waals surface area (Å²) in [4.78, 5) is 12.5. The van der Waals surface area contributed by atoms with Crippen LogP contribution in [0.15, 0.2) is 22.7 Å². The van der Waals surface area contributed by atoms with Gasteiger partial charge in [0, 0.05) is 9.89 Å². The van der Waals surface area contributed by atoms with Crippen LogP contribution in [-0.2, 0) is 4.74 Å². The van der Waals surface area contributed by atoms with E-state index in [0.29, 0.717) is 16.5 Å². The van der Waals surface area contributed by atoms with Gasteiger partial charge in [0.2, 0.25) is 0 Å². The maximum absolute atomic E-state index is 12.5. The van der Waals surface area contributed by atoms with Crippen LogP contribution in [0.4, 0.5) is 0 Å². The quantitative estimate of drug-likeness (QED) is 0.644. The van der Waals surface area contributed by atoms with Crippen molar-refractivity contribution in [3.8, 4) is 0 Å². The summed E-state index contributed by atoms with van der Waals surface area (Å²) in [5.41, 5.74) is 0.750. The van der Waals surface area contributed by atoms with Crippen LogP contribution in [0.5, 0.6) is 0 Å². The van der Waals surface area contributed by atoms with Crippen molar-refractivity contribution >= 4 is 33.5 Å². The van der Waals surface area contributed by atoms with Gasteiger partial charge in [0.25, 0.3) is 0 Å². The Morgan fingerprint density at radius 3 is 2.67 bits per heavy atom. The molecule has 21 heavy (non-hydrogen) atoms. The lowest BCUT2D eigenvalue weighted by atomic mass is 9.70. The van der Waals surface area contributed by atoms with Crippen LogP contribution in [0, 0.1) is 16.7 Å².